The molecule has 21 heavy (non-hydrogen) atoms. The van der Waals surface area contributed by atoms with Crippen LogP contribution in [0.15, 0.2) is 36.4 Å². The molecule has 0 amide bonds. The van der Waals surface area contributed by atoms with Crippen LogP contribution in [0.5, 0.6) is 5.75 Å². The first-order valence-corrected chi connectivity index (χ1v) is 7.43. The van der Waals surface area contributed by atoms with Crippen molar-refractivity contribution < 1.29 is 9.13 Å². The molecule has 2 aromatic rings. The lowest BCUT2D eigenvalue weighted by Gasteiger charge is -2.33. The Hall–Kier alpha value is -1.87. The van der Waals surface area contributed by atoms with E-state index < -0.39 is 0 Å². The Morgan fingerprint density at radius 2 is 1.95 bits per heavy atom. The van der Waals surface area contributed by atoms with Crippen LogP contribution in [0.2, 0.25) is 0 Å². The molecule has 2 aliphatic rings. The summed E-state index contributed by atoms with van der Waals surface area (Å²) in [5.41, 5.74) is 5.20. The van der Waals surface area contributed by atoms with Gasteiger partial charge in [0.1, 0.15) is 11.6 Å². The molecule has 2 heterocycles. The standard InChI is InChI=1S/C18H18FNO/c1-20-10-14-9-18-13(6-7-21-18)8-16(14)17(11-20)12-2-4-15(19)5-3-12/h2-5,8-9,17H,6-7,10-11H2,1H3. The lowest BCUT2D eigenvalue weighted by Crippen LogP contribution is -2.31. The van der Waals surface area contributed by atoms with Crippen LogP contribution in [-0.2, 0) is 13.0 Å². The zero-order valence-electron chi connectivity index (χ0n) is 12.1. The molecule has 2 aromatic carbocycles. The summed E-state index contributed by atoms with van der Waals surface area (Å²) in [6.45, 7) is 2.71. The van der Waals surface area contributed by atoms with Crippen molar-refractivity contribution in [2.45, 2.75) is 18.9 Å². The first-order chi connectivity index (χ1) is 10.2. The van der Waals surface area contributed by atoms with Gasteiger partial charge in [-0.1, -0.05) is 18.2 Å². The second-order valence-electron chi connectivity index (χ2n) is 6.06. The molecule has 0 radical (unpaired) electrons. The Morgan fingerprint density at radius 1 is 1.14 bits per heavy atom. The summed E-state index contributed by atoms with van der Waals surface area (Å²) in [6, 6.07) is 11.4. The number of hydrogen-bond donors (Lipinski definition) is 0. The van der Waals surface area contributed by atoms with Gasteiger partial charge in [-0.15, -0.1) is 0 Å². The molecule has 2 nitrogen and oxygen atoms in total. The average molecular weight is 283 g/mol. The highest BCUT2D eigenvalue weighted by molar-refractivity contribution is 5.49. The molecule has 108 valence electrons. The third-order valence-electron chi connectivity index (χ3n) is 4.53. The predicted molar refractivity (Wildman–Crippen MR) is 80.2 cm³/mol. The van der Waals surface area contributed by atoms with E-state index in [-0.39, 0.29) is 5.82 Å². The minimum Gasteiger partial charge on any atom is -0.493 e. The summed E-state index contributed by atoms with van der Waals surface area (Å²) in [6.07, 6.45) is 0.995. The molecule has 4 rings (SSSR count). The molecule has 0 saturated heterocycles. The zero-order valence-corrected chi connectivity index (χ0v) is 12.1. The zero-order chi connectivity index (χ0) is 14.4. The summed E-state index contributed by atoms with van der Waals surface area (Å²) < 4.78 is 18.9. The molecule has 2 aliphatic heterocycles. The van der Waals surface area contributed by atoms with E-state index in [9.17, 15) is 4.39 Å². The van der Waals surface area contributed by atoms with Gasteiger partial charge < -0.3 is 9.64 Å². The van der Waals surface area contributed by atoms with Crippen LogP contribution in [0.1, 0.15) is 28.2 Å². The van der Waals surface area contributed by atoms with Crippen molar-refractivity contribution >= 4 is 0 Å². The molecule has 0 N–H and O–H groups in total. The van der Waals surface area contributed by atoms with Crippen molar-refractivity contribution in [3.63, 3.8) is 0 Å². The van der Waals surface area contributed by atoms with Gasteiger partial charge in [-0.2, -0.15) is 0 Å². The number of halogens is 1. The molecule has 0 aromatic heterocycles. The maximum Gasteiger partial charge on any atom is 0.123 e. The number of nitrogens with zero attached hydrogens (tertiary/aromatic N) is 1. The van der Waals surface area contributed by atoms with Gasteiger partial charge in [0.15, 0.2) is 0 Å². The lowest BCUT2D eigenvalue weighted by molar-refractivity contribution is 0.294. The number of hydrogen-bond acceptors (Lipinski definition) is 2. The van der Waals surface area contributed by atoms with Crippen molar-refractivity contribution in [3.8, 4) is 5.75 Å². The van der Waals surface area contributed by atoms with Crippen molar-refractivity contribution in [1.29, 1.82) is 0 Å². The highest BCUT2D eigenvalue weighted by Gasteiger charge is 2.27. The Morgan fingerprint density at radius 3 is 2.76 bits per heavy atom. The smallest absolute Gasteiger partial charge is 0.123 e. The molecule has 0 fully saturated rings. The molecule has 0 spiro atoms. The third-order valence-corrected chi connectivity index (χ3v) is 4.53. The number of fused-ring (bicyclic) bond motifs is 2. The second-order valence-corrected chi connectivity index (χ2v) is 6.06. The van der Waals surface area contributed by atoms with Crippen LogP contribution in [0.3, 0.4) is 0 Å². The highest BCUT2D eigenvalue weighted by Crippen LogP contribution is 2.38. The summed E-state index contributed by atoms with van der Waals surface area (Å²) in [5.74, 6) is 1.18. The average Bonchev–Trinajstić information content (AvgIpc) is 2.92. The van der Waals surface area contributed by atoms with E-state index in [4.69, 9.17) is 4.74 Å². The molecule has 3 heteroatoms. The molecule has 1 unspecified atom stereocenters. The van der Waals surface area contributed by atoms with Gasteiger partial charge in [0, 0.05) is 25.4 Å². The largest absolute Gasteiger partial charge is 0.493 e. The van der Waals surface area contributed by atoms with Crippen LogP contribution < -0.4 is 4.74 Å². The van der Waals surface area contributed by atoms with Gasteiger partial charge in [0.2, 0.25) is 0 Å². The third kappa shape index (κ3) is 2.22. The van der Waals surface area contributed by atoms with Crippen LogP contribution in [-0.4, -0.2) is 25.1 Å². The van der Waals surface area contributed by atoms with Crippen LogP contribution >= 0.6 is 0 Å². The Kier molecular flexibility index (Phi) is 2.96. The van der Waals surface area contributed by atoms with Gasteiger partial charge in [-0.25, -0.2) is 4.39 Å². The number of rotatable bonds is 1. The minimum atomic E-state index is -0.175. The van der Waals surface area contributed by atoms with Crippen molar-refractivity contribution in [3.05, 3.63) is 64.5 Å². The van der Waals surface area contributed by atoms with E-state index in [1.165, 1.54) is 22.3 Å². The lowest BCUT2D eigenvalue weighted by atomic mass is 9.83. The Balaban J connectivity index is 1.81. The van der Waals surface area contributed by atoms with Crippen LogP contribution in [0.25, 0.3) is 0 Å². The molecule has 0 bridgehead atoms. The molecule has 0 aliphatic carbocycles. The van der Waals surface area contributed by atoms with Crippen molar-refractivity contribution in [2.24, 2.45) is 0 Å². The number of benzene rings is 2. The summed E-state index contributed by atoms with van der Waals surface area (Å²) in [4.78, 5) is 2.32. The van der Waals surface area contributed by atoms with E-state index >= 15 is 0 Å². The van der Waals surface area contributed by atoms with Gasteiger partial charge in [-0.3, -0.25) is 0 Å². The van der Waals surface area contributed by atoms with E-state index in [1.807, 2.05) is 12.1 Å². The monoisotopic (exact) mass is 283 g/mol. The molecular formula is C18H18FNO. The fourth-order valence-electron chi connectivity index (χ4n) is 3.49. The van der Waals surface area contributed by atoms with E-state index in [0.29, 0.717) is 5.92 Å². The van der Waals surface area contributed by atoms with Crippen LogP contribution in [0, 0.1) is 5.82 Å². The van der Waals surface area contributed by atoms with Gasteiger partial charge in [0.25, 0.3) is 0 Å². The maximum absolute atomic E-state index is 13.2. The molecular weight excluding hydrogens is 265 g/mol. The summed E-state index contributed by atoms with van der Waals surface area (Å²) >= 11 is 0. The maximum atomic E-state index is 13.2. The van der Waals surface area contributed by atoms with Gasteiger partial charge in [0.05, 0.1) is 6.61 Å². The molecule has 1 atom stereocenters. The van der Waals surface area contributed by atoms with E-state index in [0.717, 1.165) is 31.9 Å². The first kappa shape index (κ1) is 12.8. The SMILES string of the molecule is CN1Cc2cc3c(cc2C(c2ccc(F)cc2)C1)CCO3. The minimum absolute atomic E-state index is 0.175. The van der Waals surface area contributed by atoms with Gasteiger partial charge in [-0.05, 0) is 47.5 Å². The van der Waals surface area contributed by atoms with Crippen molar-refractivity contribution in [2.75, 3.05) is 20.2 Å². The Bertz CT molecular complexity index is 680. The molecule has 0 saturated carbocycles. The topological polar surface area (TPSA) is 12.5 Å². The summed E-state index contributed by atoms with van der Waals surface area (Å²) in [5, 5.41) is 0. The van der Waals surface area contributed by atoms with Crippen molar-refractivity contribution in [1.82, 2.24) is 4.90 Å². The number of likely N-dealkylation sites (N-methyl/N-ethyl adjacent to an activating group) is 1. The fraction of sp³-hybridized carbons (Fsp3) is 0.333. The highest BCUT2D eigenvalue weighted by atomic mass is 19.1. The normalized spacial score (nSPS) is 20.8. The predicted octanol–water partition coefficient (Wildman–Crippen LogP) is 3.34. The van der Waals surface area contributed by atoms with E-state index in [2.05, 4.69) is 24.1 Å². The van der Waals surface area contributed by atoms with Gasteiger partial charge >= 0.3 is 0 Å². The van der Waals surface area contributed by atoms with Crippen LogP contribution in [0.4, 0.5) is 4.39 Å². The number of ether oxygens (including phenoxy) is 1. The second kappa shape index (κ2) is 4.85. The summed E-state index contributed by atoms with van der Waals surface area (Å²) in [7, 11) is 2.13. The fourth-order valence-corrected chi connectivity index (χ4v) is 3.49. The quantitative estimate of drug-likeness (QED) is 0.796. The Labute approximate surface area is 124 Å². The van der Waals surface area contributed by atoms with E-state index in [1.54, 1.807) is 12.1 Å². The first-order valence-electron chi connectivity index (χ1n) is 7.43.